The average Bonchev–Trinajstić information content (AvgIpc) is 3.62. The summed E-state index contributed by atoms with van der Waals surface area (Å²) in [7, 11) is 0. The zero-order valence-corrected chi connectivity index (χ0v) is 29.9. The molecular weight excluding hydrogens is 670 g/mol. The van der Waals surface area contributed by atoms with E-state index in [1.54, 1.807) is 0 Å². The Kier molecular flexibility index (Phi) is 10.2. The van der Waals surface area contributed by atoms with Crippen LogP contribution in [0.25, 0.3) is 49.6 Å². The maximum atomic E-state index is 3.83. The SMILES string of the molecule is CCCCCCCCn1c2ccc(Br)cc2c2c1c1c(c3cc(Br)ccc3n1CCCCCCCC)n2-c1ccc(C)cc1. The van der Waals surface area contributed by atoms with Crippen molar-refractivity contribution in [2.24, 2.45) is 0 Å². The molecule has 0 amide bonds. The minimum absolute atomic E-state index is 1.04. The van der Waals surface area contributed by atoms with Crippen LogP contribution in [0.2, 0.25) is 0 Å². The lowest BCUT2D eigenvalue weighted by molar-refractivity contribution is 0.567. The number of unbranched alkanes of at least 4 members (excludes halogenated alkanes) is 10. The number of aryl methyl sites for hydroxylation is 3. The molecule has 0 aliphatic heterocycles. The van der Waals surface area contributed by atoms with Crippen LogP contribution in [0, 0.1) is 6.92 Å². The molecule has 6 rings (SSSR count). The number of fused-ring (bicyclic) bond motifs is 7. The Morgan fingerprint density at radius 2 is 0.932 bits per heavy atom. The maximum absolute atomic E-state index is 3.83. The number of nitrogens with zero attached hydrogens (tertiary/aromatic N) is 3. The van der Waals surface area contributed by atoms with Crippen molar-refractivity contribution >= 4 is 75.7 Å². The van der Waals surface area contributed by atoms with E-state index in [1.165, 1.54) is 132 Å². The molecule has 44 heavy (non-hydrogen) atoms. The molecule has 0 unspecified atom stereocenters. The van der Waals surface area contributed by atoms with Gasteiger partial charge in [0.25, 0.3) is 0 Å². The average molecular weight is 718 g/mol. The van der Waals surface area contributed by atoms with Crippen LogP contribution in [0.5, 0.6) is 0 Å². The van der Waals surface area contributed by atoms with E-state index in [1.807, 2.05) is 0 Å². The van der Waals surface area contributed by atoms with E-state index in [2.05, 4.69) is 127 Å². The highest BCUT2D eigenvalue weighted by molar-refractivity contribution is 9.10. The van der Waals surface area contributed by atoms with E-state index in [-0.39, 0.29) is 0 Å². The number of rotatable bonds is 15. The summed E-state index contributed by atoms with van der Waals surface area (Å²) in [5.41, 5.74) is 10.6. The second-order valence-electron chi connectivity index (χ2n) is 12.7. The molecule has 6 aromatic rings. The Labute approximate surface area is 279 Å². The molecule has 0 N–H and O–H groups in total. The Morgan fingerprint density at radius 3 is 1.39 bits per heavy atom. The molecule has 3 aromatic heterocycles. The molecule has 0 bridgehead atoms. The standard InChI is InChI=1S/C39H47Br2N3/c1-4-6-8-10-12-14-24-42-34-22-18-29(40)26-32(34)36-38(42)39-37(44(36)31-20-16-28(3)17-21-31)33-27-30(41)19-23-35(33)43(39)25-15-13-11-9-7-5-2/h16-23,26-27H,4-15,24-25H2,1-3H3. The molecule has 0 saturated heterocycles. The second kappa shape index (κ2) is 14.3. The number of hydrogen-bond donors (Lipinski definition) is 0. The predicted molar refractivity (Wildman–Crippen MR) is 199 cm³/mol. The maximum Gasteiger partial charge on any atom is 0.0926 e. The fourth-order valence-electron chi connectivity index (χ4n) is 7.18. The quantitative estimate of drug-likeness (QED) is 0.0940. The summed E-state index contributed by atoms with van der Waals surface area (Å²) in [6.45, 7) is 8.87. The molecule has 0 spiro atoms. The van der Waals surface area contributed by atoms with Crippen molar-refractivity contribution in [2.45, 2.75) is 111 Å². The van der Waals surface area contributed by atoms with Gasteiger partial charge in [-0.05, 0) is 68.3 Å². The van der Waals surface area contributed by atoms with E-state index in [4.69, 9.17) is 0 Å². The van der Waals surface area contributed by atoms with Crippen molar-refractivity contribution in [1.82, 2.24) is 13.7 Å². The van der Waals surface area contributed by atoms with Gasteiger partial charge in [0.1, 0.15) is 0 Å². The lowest BCUT2D eigenvalue weighted by atomic mass is 10.1. The Morgan fingerprint density at radius 1 is 0.500 bits per heavy atom. The van der Waals surface area contributed by atoms with Crippen molar-refractivity contribution in [3.63, 3.8) is 0 Å². The van der Waals surface area contributed by atoms with Gasteiger partial charge in [-0.1, -0.05) is 128 Å². The van der Waals surface area contributed by atoms with E-state index in [0.717, 1.165) is 22.0 Å². The first-order chi connectivity index (χ1) is 21.5. The predicted octanol–water partition coefficient (Wildman–Crippen LogP) is 13.2. The van der Waals surface area contributed by atoms with Gasteiger partial charge >= 0.3 is 0 Å². The lowest BCUT2D eigenvalue weighted by Gasteiger charge is -2.11. The molecule has 3 nitrogen and oxygen atoms in total. The Balaban J connectivity index is 1.61. The summed E-state index contributed by atoms with van der Waals surface area (Å²) in [5.74, 6) is 0. The van der Waals surface area contributed by atoms with Crippen LogP contribution in [0.4, 0.5) is 0 Å². The van der Waals surface area contributed by atoms with Gasteiger partial charge in [0.05, 0.1) is 33.1 Å². The summed E-state index contributed by atoms with van der Waals surface area (Å²) >= 11 is 7.67. The summed E-state index contributed by atoms with van der Waals surface area (Å²) < 4.78 is 10.2. The number of hydrogen-bond acceptors (Lipinski definition) is 0. The van der Waals surface area contributed by atoms with Crippen LogP contribution >= 0.6 is 31.9 Å². The van der Waals surface area contributed by atoms with Gasteiger partial charge in [-0.3, -0.25) is 0 Å². The largest absolute Gasteiger partial charge is 0.337 e. The van der Waals surface area contributed by atoms with Gasteiger partial charge in [-0.2, -0.15) is 0 Å². The molecule has 0 saturated carbocycles. The zero-order valence-electron chi connectivity index (χ0n) is 26.8. The van der Waals surface area contributed by atoms with Crippen molar-refractivity contribution in [1.29, 1.82) is 0 Å². The summed E-state index contributed by atoms with van der Waals surface area (Å²) in [6, 6.07) is 22.9. The normalized spacial score (nSPS) is 12.1. The summed E-state index contributed by atoms with van der Waals surface area (Å²) in [6.07, 6.45) is 15.6. The van der Waals surface area contributed by atoms with Gasteiger partial charge in [0.15, 0.2) is 0 Å². The molecule has 0 aliphatic carbocycles. The fraction of sp³-hybridized carbons (Fsp3) is 0.436. The molecule has 3 heterocycles. The molecule has 0 fully saturated rings. The van der Waals surface area contributed by atoms with Crippen LogP contribution in [0.3, 0.4) is 0 Å². The van der Waals surface area contributed by atoms with Crippen LogP contribution < -0.4 is 0 Å². The number of halogens is 2. The molecule has 3 aromatic carbocycles. The fourth-order valence-corrected chi connectivity index (χ4v) is 7.90. The third-order valence-corrected chi connectivity index (χ3v) is 10.4. The van der Waals surface area contributed by atoms with Crippen molar-refractivity contribution < 1.29 is 0 Å². The van der Waals surface area contributed by atoms with Crippen LogP contribution in [-0.4, -0.2) is 13.7 Å². The van der Waals surface area contributed by atoms with Gasteiger partial charge in [0, 0.05) is 38.5 Å². The monoisotopic (exact) mass is 715 g/mol. The molecule has 0 aliphatic rings. The third-order valence-electron chi connectivity index (χ3n) is 9.43. The number of benzene rings is 3. The first kappa shape index (κ1) is 31.5. The van der Waals surface area contributed by atoms with Crippen molar-refractivity contribution in [2.75, 3.05) is 0 Å². The van der Waals surface area contributed by atoms with E-state index >= 15 is 0 Å². The first-order valence-electron chi connectivity index (χ1n) is 17.0. The highest BCUT2D eigenvalue weighted by Crippen LogP contribution is 2.44. The third kappa shape index (κ3) is 6.16. The first-order valence-corrected chi connectivity index (χ1v) is 18.6. The summed E-state index contributed by atoms with van der Waals surface area (Å²) in [4.78, 5) is 0. The molecule has 232 valence electrons. The van der Waals surface area contributed by atoms with Crippen molar-refractivity contribution in [3.05, 3.63) is 75.2 Å². The molecule has 0 radical (unpaired) electrons. The number of aromatic nitrogens is 3. The molecule has 0 atom stereocenters. The Bertz CT molecular complexity index is 1760. The van der Waals surface area contributed by atoms with Gasteiger partial charge in [0.2, 0.25) is 0 Å². The van der Waals surface area contributed by atoms with Gasteiger partial charge in [-0.15, -0.1) is 0 Å². The highest BCUT2D eigenvalue weighted by atomic mass is 79.9. The van der Waals surface area contributed by atoms with Crippen LogP contribution in [0.15, 0.2) is 69.6 Å². The second-order valence-corrected chi connectivity index (χ2v) is 14.6. The van der Waals surface area contributed by atoms with E-state index < -0.39 is 0 Å². The molecular formula is C39H47Br2N3. The lowest BCUT2D eigenvalue weighted by Crippen LogP contribution is -2.01. The van der Waals surface area contributed by atoms with Gasteiger partial charge in [-0.25, -0.2) is 0 Å². The van der Waals surface area contributed by atoms with Gasteiger partial charge < -0.3 is 13.7 Å². The summed E-state index contributed by atoms with van der Waals surface area (Å²) in [5, 5.41) is 2.65. The van der Waals surface area contributed by atoms with Crippen LogP contribution in [0.1, 0.15) is 96.5 Å². The minimum Gasteiger partial charge on any atom is -0.337 e. The smallest absolute Gasteiger partial charge is 0.0926 e. The van der Waals surface area contributed by atoms with E-state index in [0.29, 0.717) is 0 Å². The topological polar surface area (TPSA) is 14.8 Å². The Hall–Kier alpha value is -2.50. The van der Waals surface area contributed by atoms with Crippen molar-refractivity contribution in [3.8, 4) is 5.69 Å². The van der Waals surface area contributed by atoms with Crippen LogP contribution in [-0.2, 0) is 13.1 Å². The van der Waals surface area contributed by atoms with E-state index in [9.17, 15) is 0 Å². The highest BCUT2D eigenvalue weighted by Gasteiger charge is 2.26. The zero-order chi connectivity index (χ0) is 30.6. The molecule has 5 heteroatoms. The minimum atomic E-state index is 1.04.